The van der Waals surface area contributed by atoms with E-state index in [1.165, 1.54) is 13.0 Å². The fourth-order valence-corrected chi connectivity index (χ4v) is 2.46. The topological polar surface area (TPSA) is 65.0 Å². The fraction of sp³-hybridized carbons (Fsp3) is 0.286. The first-order chi connectivity index (χ1) is 11.2. The Morgan fingerprint density at radius 3 is 2.54 bits per heavy atom. The van der Waals surface area contributed by atoms with Crippen LogP contribution in [0, 0.1) is 6.92 Å². The Morgan fingerprint density at radius 1 is 1.29 bits per heavy atom. The smallest absolute Gasteiger partial charge is 0.434 e. The van der Waals surface area contributed by atoms with Crippen LogP contribution in [-0.2, 0) is 10.9 Å². The van der Waals surface area contributed by atoms with Gasteiger partial charge in [0.15, 0.2) is 16.5 Å². The molecule has 0 aliphatic heterocycles. The van der Waals surface area contributed by atoms with Crippen molar-refractivity contribution in [3.05, 3.63) is 39.5 Å². The minimum absolute atomic E-state index is 0.0136. The third kappa shape index (κ3) is 3.59. The minimum Gasteiger partial charge on any atom is -0.461 e. The second-order valence-corrected chi connectivity index (χ2v) is 5.27. The largest absolute Gasteiger partial charge is 0.461 e. The van der Waals surface area contributed by atoms with E-state index >= 15 is 0 Å². The van der Waals surface area contributed by atoms with Crippen molar-refractivity contribution in [2.24, 2.45) is 0 Å². The van der Waals surface area contributed by atoms with E-state index in [9.17, 15) is 18.0 Å². The number of ether oxygens (including phenoxy) is 1. The van der Waals surface area contributed by atoms with Crippen LogP contribution < -0.4 is 0 Å². The summed E-state index contributed by atoms with van der Waals surface area (Å²) in [5.74, 6) is -0.836. The highest BCUT2D eigenvalue weighted by Crippen LogP contribution is 2.38. The van der Waals surface area contributed by atoms with Crippen molar-refractivity contribution in [2.45, 2.75) is 20.0 Å². The maximum Gasteiger partial charge on any atom is 0.434 e. The molecule has 0 N–H and O–H groups in total. The third-order valence-corrected chi connectivity index (χ3v) is 3.56. The van der Waals surface area contributed by atoms with Gasteiger partial charge in [0, 0.05) is 11.8 Å². The van der Waals surface area contributed by atoms with Crippen molar-refractivity contribution in [2.75, 3.05) is 6.61 Å². The first-order valence-electron chi connectivity index (χ1n) is 6.60. The van der Waals surface area contributed by atoms with Crippen LogP contribution in [0.3, 0.4) is 0 Å². The monoisotopic (exact) mass is 379 g/mol. The molecule has 128 valence electrons. The van der Waals surface area contributed by atoms with Crippen molar-refractivity contribution in [1.82, 2.24) is 15.0 Å². The normalized spacial score (nSPS) is 11.5. The second kappa shape index (κ2) is 6.90. The molecule has 0 radical (unpaired) electrons. The number of aryl methyl sites for hydroxylation is 1. The Morgan fingerprint density at radius 2 is 1.96 bits per heavy atom. The molecule has 2 heterocycles. The second-order valence-electron chi connectivity index (χ2n) is 4.54. The molecule has 0 atom stereocenters. The number of carbonyl (C=O) groups is 1. The zero-order chi connectivity index (χ0) is 18.1. The third-order valence-electron chi connectivity index (χ3n) is 2.91. The lowest BCUT2D eigenvalue weighted by atomic mass is 10.1. The molecule has 0 saturated heterocycles. The van der Waals surface area contributed by atoms with E-state index in [1.807, 2.05) is 0 Å². The Hall–Kier alpha value is -1.93. The molecule has 2 aromatic heterocycles. The van der Waals surface area contributed by atoms with Crippen LogP contribution in [0.15, 0.2) is 12.3 Å². The van der Waals surface area contributed by atoms with Gasteiger partial charge in [-0.2, -0.15) is 13.2 Å². The highest BCUT2D eigenvalue weighted by atomic mass is 35.5. The fourth-order valence-electron chi connectivity index (χ4n) is 1.90. The van der Waals surface area contributed by atoms with E-state index < -0.39 is 22.9 Å². The van der Waals surface area contributed by atoms with E-state index in [-0.39, 0.29) is 34.4 Å². The molecule has 0 saturated carbocycles. The molecule has 0 aliphatic rings. The lowest BCUT2D eigenvalue weighted by molar-refractivity contribution is -0.141. The van der Waals surface area contributed by atoms with Crippen LogP contribution in [0.25, 0.3) is 11.3 Å². The number of nitrogens with zero attached hydrogens (tertiary/aromatic N) is 3. The first kappa shape index (κ1) is 18.4. The molecule has 10 heteroatoms. The van der Waals surface area contributed by atoms with E-state index in [0.717, 1.165) is 6.20 Å². The molecule has 2 rings (SSSR count). The summed E-state index contributed by atoms with van der Waals surface area (Å²) in [6, 6.07) is 1.25. The first-order valence-corrected chi connectivity index (χ1v) is 7.35. The van der Waals surface area contributed by atoms with Gasteiger partial charge in [0.25, 0.3) is 0 Å². The highest BCUT2D eigenvalue weighted by molar-refractivity contribution is 6.34. The summed E-state index contributed by atoms with van der Waals surface area (Å²) in [6.45, 7) is 3.14. The van der Waals surface area contributed by atoms with E-state index in [2.05, 4.69) is 15.0 Å². The number of hydrogen-bond acceptors (Lipinski definition) is 5. The van der Waals surface area contributed by atoms with Crippen molar-refractivity contribution in [3.63, 3.8) is 0 Å². The average molecular weight is 380 g/mol. The molecule has 0 spiro atoms. The van der Waals surface area contributed by atoms with Crippen LogP contribution in [0.1, 0.15) is 28.8 Å². The molecule has 5 nitrogen and oxygen atoms in total. The van der Waals surface area contributed by atoms with Crippen molar-refractivity contribution < 1.29 is 22.7 Å². The van der Waals surface area contributed by atoms with Gasteiger partial charge < -0.3 is 4.74 Å². The lowest BCUT2D eigenvalue weighted by Crippen LogP contribution is -2.12. The summed E-state index contributed by atoms with van der Waals surface area (Å²) in [5, 5.41) is -0.851. The summed E-state index contributed by atoms with van der Waals surface area (Å²) < 4.78 is 43.6. The number of alkyl halides is 3. The predicted molar refractivity (Wildman–Crippen MR) is 81.0 cm³/mol. The molecule has 2 aromatic rings. The Bertz CT molecular complexity index is 798. The number of aromatic nitrogens is 3. The van der Waals surface area contributed by atoms with Crippen molar-refractivity contribution in [3.8, 4) is 11.3 Å². The molecule has 24 heavy (non-hydrogen) atoms. The predicted octanol–water partition coefficient (Wildman–Crippen LogP) is 4.35. The van der Waals surface area contributed by atoms with Gasteiger partial charge in [0.2, 0.25) is 0 Å². The Balaban J connectivity index is 2.65. The van der Waals surface area contributed by atoms with Gasteiger partial charge in [-0.1, -0.05) is 23.2 Å². The molecule has 0 bridgehead atoms. The molecular formula is C14H10Cl2F3N3O2. The number of esters is 1. The van der Waals surface area contributed by atoms with Gasteiger partial charge in [-0.05, 0) is 19.9 Å². The number of rotatable bonds is 3. The van der Waals surface area contributed by atoms with E-state index in [1.54, 1.807) is 6.92 Å². The Labute approximate surface area is 144 Å². The van der Waals surface area contributed by atoms with Crippen molar-refractivity contribution in [1.29, 1.82) is 0 Å². The molecule has 0 aliphatic carbocycles. The van der Waals surface area contributed by atoms with Crippen molar-refractivity contribution >= 4 is 29.2 Å². The molecule has 0 unspecified atom stereocenters. The highest BCUT2D eigenvalue weighted by Gasteiger charge is 2.36. The minimum atomic E-state index is -4.73. The SMILES string of the molecule is CCOC(=O)c1nc(-c2ccnc(C(F)(F)F)c2Cl)c(C)nc1Cl. The van der Waals surface area contributed by atoms with Crippen LogP contribution in [-0.4, -0.2) is 27.5 Å². The van der Waals surface area contributed by atoms with Crippen LogP contribution in [0.4, 0.5) is 13.2 Å². The zero-order valence-corrected chi connectivity index (χ0v) is 13.9. The summed E-state index contributed by atoms with van der Waals surface area (Å²) in [5.41, 5.74) is -1.43. The number of carbonyl (C=O) groups excluding carboxylic acids is 1. The standard InChI is InChI=1S/C14H10Cl2F3N3O2/c1-3-24-13(23)10-12(16)21-6(2)9(22-10)7-4-5-20-11(8(7)15)14(17,18)19/h4-5H,3H2,1-2H3. The maximum absolute atomic E-state index is 12.9. The maximum atomic E-state index is 12.9. The molecule has 0 fully saturated rings. The van der Waals surface area contributed by atoms with Gasteiger partial charge in [-0.25, -0.2) is 14.8 Å². The van der Waals surface area contributed by atoms with E-state index in [0.29, 0.717) is 0 Å². The average Bonchev–Trinajstić information content (AvgIpc) is 2.47. The molecule has 0 amide bonds. The number of hydrogen-bond donors (Lipinski definition) is 0. The van der Waals surface area contributed by atoms with Gasteiger partial charge in [-0.15, -0.1) is 0 Å². The van der Waals surface area contributed by atoms with Gasteiger partial charge in [0.1, 0.15) is 0 Å². The van der Waals surface area contributed by atoms with Gasteiger partial charge >= 0.3 is 12.1 Å². The summed E-state index contributed by atoms with van der Waals surface area (Å²) in [6.07, 6.45) is -3.78. The Kier molecular flexibility index (Phi) is 5.29. The quantitative estimate of drug-likeness (QED) is 0.741. The molecular weight excluding hydrogens is 370 g/mol. The summed E-state index contributed by atoms with van der Waals surface area (Å²) >= 11 is 11.7. The van der Waals surface area contributed by atoms with Crippen LogP contribution in [0.5, 0.6) is 0 Å². The van der Waals surface area contributed by atoms with Crippen LogP contribution in [0.2, 0.25) is 10.2 Å². The van der Waals surface area contributed by atoms with Gasteiger partial charge in [0.05, 0.1) is 23.0 Å². The summed E-state index contributed by atoms with van der Waals surface area (Å²) in [7, 11) is 0. The molecule has 0 aromatic carbocycles. The van der Waals surface area contributed by atoms with E-state index in [4.69, 9.17) is 27.9 Å². The summed E-state index contributed by atoms with van der Waals surface area (Å²) in [4.78, 5) is 23.0. The number of pyridine rings is 1. The zero-order valence-electron chi connectivity index (χ0n) is 12.4. The van der Waals surface area contributed by atoms with Crippen LogP contribution >= 0.6 is 23.2 Å². The number of halogens is 5. The lowest BCUT2D eigenvalue weighted by Gasteiger charge is -2.13. The van der Waals surface area contributed by atoms with Gasteiger partial charge in [-0.3, -0.25) is 4.98 Å².